The second-order valence-corrected chi connectivity index (χ2v) is 8.36. The summed E-state index contributed by atoms with van der Waals surface area (Å²) in [5.74, 6) is 0. The Labute approximate surface area is 159 Å². The highest BCUT2D eigenvalue weighted by Gasteiger charge is 2.52. The van der Waals surface area contributed by atoms with E-state index in [0.29, 0.717) is 0 Å². The second kappa shape index (κ2) is 5.54. The molecule has 1 fully saturated rings. The zero-order chi connectivity index (χ0) is 18.8. The Morgan fingerprint density at radius 2 is 1.41 bits per heavy atom. The highest BCUT2D eigenvalue weighted by molar-refractivity contribution is 6.66. The average Bonchev–Trinajstić information content (AvgIpc) is 2.88. The fourth-order valence-corrected chi connectivity index (χ4v) is 3.94. The first-order valence-corrected chi connectivity index (χ1v) is 9.41. The van der Waals surface area contributed by atoms with Crippen molar-refractivity contribution >= 4 is 44.9 Å². The Morgan fingerprint density at radius 1 is 0.741 bits per heavy atom. The van der Waals surface area contributed by atoms with Gasteiger partial charge in [-0.05, 0) is 66.2 Å². The fraction of sp³-hybridized carbons (Fsp3) is 0.261. The molecule has 0 N–H and O–H groups in total. The van der Waals surface area contributed by atoms with Gasteiger partial charge in [0.1, 0.15) is 0 Å². The minimum Gasteiger partial charge on any atom is -0.399 e. The summed E-state index contributed by atoms with van der Waals surface area (Å²) in [6, 6.07) is 17.1. The van der Waals surface area contributed by atoms with Crippen LogP contribution in [0.1, 0.15) is 27.7 Å². The van der Waals surface area contributed by atoms with Crippen LogP contribution in [0.2, 0.25) is 0 Å². The fourth-order valence-electron chi connectivity index (χ4n) is 3.94. The van der Waals surface area contributed by atoms with Gasteiger partial charge in [-0.15, -0.1) is 0 Å². The van der Waals surface area contributed by atoms with Gasteiger partial charge in [-0.25, -0.2) is 0 Å². The minimum absolute atomic E-state index is 0.367. The van der Waals surface area contributed by atoms with E-state index in [1.54, 1.807) is 0 Å². The normalized spacial score (nSPS) is 18.6. The smallest absolute Gasteiger partial charge is 0.399 e. The van der Waals surface area contributed by atoms with Crippen LogP contribution in [0.3, 0.4) is 0 Å². The van der Waals surface area contributed by atoms with Gasteiger partial charge >= 0.3 is 7.12 Å². The molecular formula is C23H22BNO2. The van der Waals surface area contributed by atoms with Gasteiger partial charge in [-0.3, -0.25) is 4.98 Å². The number of nitrogens with zero attached hydrogens (tertiary/aromatic N) is 1. The molecule has 3 aromatic carbocycles. The molecule has 27 heavy (non-hydrogen) atoms. The Bertz CT molecular complexity index is 1180. The van der Waals surface area contributed by atoms with Crippen LogP contribution in [-0.4, -0.2) is 23.3 Å². The van der Waals surface area contributed by atoms with Crippen molar-refractivity contribution in [1.29, 1.82) is 0 Å². The molecule has 1 saturated heterocycles. The molecule has 0 spiro atoms. The molecule has 0 atom stereocenters. The quantitative estimate of drug-likeness (QED) is 0.362. The average molecular weight is 355 g/mol. The molecule has 3 nitrogen and oxygen atoms in total. The van der Waals surface area contributed by atoms with Crippen LogP contribution in [-0.2, 0) is 9.31 Å². The predicted octanol–water partition coefficient (Wildman–Crippen LogP) is 4.84. The Balaban J connectivity index is 1.85. The van der Waals surface area contributed by atoms with E-state index in [2.05, 4.69) is 81.2 Å². The lowest BCUT2D eigenvalue weighted by Crippen LogP contribution is -2.41. The van der Waals surface area contributed by atoms with Crippen molar-refractivity contribution in [3.8, 4) is 0 Å². The molecule has 2 heterocycles. The van der Waals surface area contributed by atoms with Crippen molar-refractivity contribution in [1.82, 2.24) is 4.98 Å². The summed E-state index contributed by atoms with van der Waals surface area (Å²) in [6.07, 6.45) is 3.78. The first-order valence-electron chi connectivity index (χ1n) is 9.41. The van der Waals surface area contributed by atoms with Crippen molar-refractivity contribution in [3.63, 3.8) is 0 Å². The summed E-state index contributed by atoms with van der Waals surface area (Å²) >= 11 is 0. The number of hydrogen-bond acceptors (Lipinski definition) is 3. The third-order valence-corrected chi connectivity index (χ3v) is 6.20. The first kappa shape index (κ1) is 16.7. The zero-order valence-electron chi connectivity index (χ0n) is 16.1. The van der Waals surface area contributed by atoms with Crippen molar-refractivity contribution in [2.24, 2.45) is 0 Å². The SMILES string of the molecule is CC1(C)OB(c2cc3c4cnccc4ccc3c3ccccc23)OC1(C)C. The molecule has 0 radical (unpaired) electrons. The van der Waals surface area contributed by atoms with Crippen molar-refractivity contribution in [3.05, 3.63) is 60.9 Å². The van der Waals surface area contributed by atoms with Gasteiger partial charge in [0.25, 0.3) is 0 Å². The van der Waals surface area contributed by atoms with Gasteiger partial charge in [0.05, 0.1) is 11.2 Å². The molecule has 0 amide bonds. The number of fused-ring (bicyclic) bond motifs is 5. The maximum Gasteiger partial charge on any atom is 0.495 e. The molecule has 0 bridgehead atoms. The maximum absolute atomic E-state index is 6.38. The van der Waals surface area contributed by atoms with Crippen LogP contribution in [0.15, 0.2) is 60.9 Å². The van der Waals surface area contributed by atoms with E-state index < -0.39 is 7.12 Å². The lowest BCUT2D eigenvalue weighted by atomic mass is 9.74. The van der Waals surface area contributed by atoms with E-state index in [1.165, 1.54) is 26.9 Å². The maximum atomic E-state index is 6.38. The number of pyridine rings is 1. The van der Waals surface area contributed by atoms with Crippen LogP contribution < -0.4 is 5.46 Å². The lowest BCUT2D eigenvalue weighted by molar-refractivity contribution is 0.00578. The summed E-state index contributed by atoms with van der Waals surface area (Å²) in [7, 11) is -0.392. The molecule has 134 valence electrons. The van der Waals surface area contributed by atoms with E-state index >= 15 is 0 Å². The lowest BCUT2D eigenvalue weighted by Gasteiger charge is -2.32. The molecule has 0 aliphatic carbocycles. The predicted molar refractivity (Wildman–Crippen MR) is 112 cm³/mol. The molecule has 4 heteroatoms. The van der Waals surface area contributed by atoms with Crippen LogP contribution in [0, 0.1) is 0 Å². The van der Waals surface area contributed by atoms with E-state index in [4.69, 9.17) is 9.31 Å². The van der Waals surface area contributed by atoms with Gasteiger partial charge < -0.3 is 9.31 Å². The van der Waals surface area contributed by atoms with Gasteiger partial charge in [-0.2, -0.15) is 0 Å². The third-order valence-electron chi connectivity index (χ3n) is 6.20. The van der Waals surface area contributed by atoms with Gasteiger partial charge in [0, 0.05) is 17.8 Å². The standard InChI is InChI=1S/C23H22BNO2/c1-22(2)23(3,4)27-24(26-22)21-13-19-17(16-7-5-6-8-18(16)21)10-9-15-11-12-25-14-20(15)19/h5-14H,1-4H3. The van der Waals surface area contributed by atoms with E-state index in [9.17, 15) is 0 Å². The number of hydrogen-bond donors (Lipinski definition) is 0. The Morgan fingerprint density at radius 3 is 2.15 bits per heavy atom. The van der Waals surface area contributed by atoms with Gasteiger partial charge in [0.2, 0.25) is 0 Å². The monoisotopic (exact) mass is 355 g/mol. The molecule has 4 aromatic rings. The van der Waals surface area contributed by atoms with Crippen molar-refractivity contribution < 1.29 is 9.31 Å². The van der Waals surface area contributed by atoms with Crippen molar-refractivity contribution in [2.45, 2.75) is 38.9 Å². The molecule has 0 saturated carbocycles. The molecule has 5 rings (SSSR count). The van der Waals surface area contributed by atoms with Gasteiger partial charge in [-0.1, -0.05) is 42.5 Å². The molecular weight excluding hydrogens is 333 g/mol. The first-order chi connectivity index (χ1) is 12.9. The van der Waals surface area contributed by atoms with E-state index in [0.717, 1.165) is 10.8 Å². The largest absolute Gasteiger partial charge is 0.495 e. The van der Waals surface area contributed by atoms with Crippen LogP contribution >= 0.6 is 0 Å². The van der Waals surface area contributed by atoms with Crippen LogP contribution in [0.5, 0.6) is 0 Å². The Kier molecular flexibility index (Phi) is 3.43. The Hall–Kier alpha value is -2.43. The summed E-state index contributed by atoms with van der Waals surface area (Å²) in [4.78, 5) is 4.35. The third kappa shape index (κ3) is 2.40. The molecule has 1 aliphatic heterocycles. The summed E-state index contributed by atoms with van der Waals surface area (Å²) in [5, 5.41) is 7.14. The second-order valence-electron chi connectivity index (χ2n) is 8.36. The molecule has 0 unspecified atom stereocenters. The molecule has 1 aromatic heterocycles. The molecule has 1 aliphatic rings. The summed E-state index contributed by atoms with van der Waals surface area (Å²) in [6.45, 7) is 8.37. The van der Waals surface area contributed by atoms with Gasteiger partial charge in [0.15, 0.2) is 0 Å². The van der Waals surface area contributed by atoms with E-state index in [1.807, 2.05) is 12.4 Å². The van der Waals surface area contributed by atoms with E-state index in [-0.39, 0.29) is 11.2 Å². The number of aromatic nitrogens is 1. The highest BCUT2D eigenvalue weighted by atomic mass is 16.7. The van der Waals surface area contributed by atoms with Crippen LogP contribution in [0.25, 0.3) is 32.3 Å². The topological polar surface area (TPSA) is 31.4 Å². The number of benzene rings is 3. The van der Waals surface area contributed by atoms with Crippen LogP contribution in [0.4, 0.5) is 0 Å². The summed E-state index contributed by atoms with van der Waals surface area (Å²) < 4.78 is 12.8. The number of rotatable bonds is 1. The summed E-state index contributed by atoms with van der Waals surface area (Å²) in [5.41, 5.74) is 0.343. The zero-order valence-corrected chi connectivity index (χ0v) is 16.1. The highest BCUT2D eigenvalue weighted by Crippen LogP contribution is 2.38. The van der Waals surface area contributed by atoms with Crippen molar-refractivity contribution in [2.75, 3.05) is 0 Å². The minimum atomic E-state index is -0.392.